The van der Waals surface area contributed by atoms with Gasteiger partial charge in [0.15, 0.2) is 10.3 Å². The van der Waals surface area contributed by atoms with Crippen molar-refractivity contribution in [1.29, 1.82) is 0 Å². The lowest BCUT2D eigenvalue weighted by atomic mass is 10.3. The molecule has 2 aromatic heterocycles. The van der Waals surface area contributed by atoms with Gasteiger partial charge in [-0.2, -0.15) is 0 Å². The van der Waals surface area contributed by atoms with Gasteiger partial charge in [-0.3, -0.25) is 14.3 Å². The highest BCUT2D eigenvalue weighted by molar-refractivity contribution is 7.71. The van der Waals surface area contributed by atoms with E-state index in [1.165, 1.54) is 4.57 Å². The van der Waals surface area contributed by atoms with Crippen molar-refractivity contribution in [3.05, 3.63) is 37.8 Å². The summed E-state index contributed by atoms with van der Waals surface area (Å²) in [5.41, 5.74) is 0.735. The summed E-state index contributed by atoms with van der Waals surface area (Å²) in [7, 11) is 1.57. The van der Waals surface area contributed by atoms with E-state index >= 15 is 0 Å². The summed E-state index contributed by atoms with van der Waals surface area (Å²) in [5.74, 6) is 0. The topological polar surface area (TPSA) is 75.6 Å². The minimum absolute atomic E-state index is 0.361. The molecule has 0 saturated carbocycles. The zero-order chi connectivity index (χ0) is 12.7. The predicted octanol–water partition coefficient (Wildman–Crippen LogP) is 0.662. The van der Waals surface area contributed by atoms with Gasteiger partial charge >= 0.3 is 5.69 Å². The van der Waals surface area contributed by atoms with Crippen molar-refractivity contribution in [2.75, 3.05) is 0 Å². The third-order valence-corrected chi connectivity index (χ3v) is 2.79. The Hall–Kier alpha value is -1.89. The van der Waals surface area contributed by atoms with E-state index < -0.39 is 11.2 Å². The maximum atomic E-state index is 11.8. The fraction of sp³-hybridized carbons (Fsp3) is 0.300. The molecule has 0 aliphatic carbocycles. The molecule has 0 unspecified atom stereocenters. The van der Waals surface area contributed by atoms with Crippen LogP contribution in [-0.2, 0) is 13.6 Å². The standard InChI is InChI=1S/C10H12N4O2S/c1-5(2)4-14-6-7(11-10(14)17)13(3)9(16)12-8(6)15/h1,4H2,2-3H3,(H,11,17)(H,12,15,16). The van der Waals surface area contributed by atoms with Crippen molar-refractivity contribution in [2.45, 2.75) is 13.5 Å². The number of rotatable bonds is 2. The van der Waals surface area contributed by atoms with Crippen molar-refractivity contribution >= 4 is 23.4 Å². The summed E-state index contributed by atoms with van der Waals surface area (Å²) < 4.78 is 3.35. The third kappa shape index (κ3) is 1.78. The van der Waals surface area contributed by atoms with Crippen molar-refractivity contribution in [1.82, 2.24) is 19.1 Å². The van der Waals surface area contributed by atoms with E-state index in [0.717, 1.165) is 5.57 Å². The van der Waals surface area contributed by atoms with Gasteiger partial charge in [0, 0.05) is 13.6 Å². The molecule has 0 atom stereocenters. The lowest BCUT2D eigenvalue weighted by molar-refractivity contribution is 0.788. The molecule has 0 bridgehead atoms. The zero-order valence-electron chi connectivity index (χ0n) is 9.53. The van der Waals surface area contributed by atoms with Crippen LogP contribution in [0.3, 0.4) is 0 Å². The van der Waals surface area contributed by atoms with E-state index in [-0.39, 0.29) is 0 Å². The fourth-order valence-corrected chi connectivity index (χ4v) is 1.95. The van der Waals surface area contributed by atoms with Gasteiger partial charge in [0.05, 0.1) is 0 Å². The number of nitrogens with zero attached hydrogens (tertiary/aromatic N) is 2. The molecule has 90 valence electrons. The van der Waals surface area contributed by atoms with Crippen LogP contribution in [0, 0.1) is 4.77 Å². The van der Waals surface area contributed by atoms with E-state index in [1.807, 2.05) is 6.92 Å². The van der Waals surface area contributed by atoms with Gasteiger partial charge in [-0.25, -0.2) is 4.79 Å². The highest BCUT2D eigenvalue weighted by atomic mass is 32.1. The number of aromatic amines is 2. The van der Waals surface area contributed by atoms with Crippen molar-refractivity contribution in [3.8, 4) is 0 Å². The number of allylic oxidation sites excluding steroid dienone is 1. The van der Waals surface area contributed by atoms with Gasteiger partial charge in [0.2, 0.25) is 0 Å². The Bertz CT molecular complexity index is 774. The second kappa shape index (κ2) is 3.85. The molecule has 2 aromatic rings. The fourth-order valence-electron chi connectivity index (χ4n) is 1.69. The molecule has 0 aliphatic rings. The molecule has 2 heterocycles. The summed E-state index contributed by atoms with van der Waals surface area (Å²) >= 11 is 5.13. The van der Waals surface area contributed by atoms with Crippen LogP contribution >= 0.6 is 12.2 Å². The van der Waals surface area contributed by atoms with Crippen molar-refractivity contribution < 1.29 is 0 Å². The first kappa shape index (κ1) is 11.6. The molecule has 6 nitrogen and oxygen atoms in total. The molecule has 0 fully saturated rings. The molecule has 17 heavy (non-hydrogen) atoms. The Balaban J connectivity index is 2.97. The number of imidazole rings is 1. The Kier molecular flexibility index (Phi) is 2.62. The van der Waals surface area contributed by atoms with Crippen molar-refractivity contribution in [2.24, 2.45) is 7.05 Å². The van der Waals surface area contributed by atoms with E-state index in [1.54, 1.807) is 11.6 Å². The quantitative estimate of drug-likeness (QED) is 0.609. The van der Waals surface area contributed by atoms with Gasteiger partial charge in [-0.1, -0.05) is 12.2 Å². The third-order valence-electron chi connectivity index (χ3n) is 2.47. The van der Waals surface area contributed by atoms with E-state index in [4.69, 9.17) is 12.2 Å². The first-order valence-electron chi connectivity index (χ1n) is 4.98. The van der Waals surface area contributed by atoms with Crippen LogP contribution < -0.4 is 11.2 Å². The number of hydrogen-bond acceptors (Lipinski definition) is 3. The largest absolute Gasteiger partial charge is 0.329 e. The molecule has 0 spiro atoms. The summed E-state index contributed by atoms with van der Waals surface area (Å²) in [4.78, 5) is 28.3. The van der Waals surface area contributed by atoms with Crippen LogP contribution in [0.2, 0.25) is 0 Å². The Morgan fingerprint density at radius 3 is 2.65 bits per heavy atom. The first-order chi connectivity index (χ1) is 7.91. The average molecular weight is 252 g/mol. The highest BCUT2D eigenvalue weighted by Crippen LogP contribution is 2.08. The van der Waals surface area contributed by atoms with Crippen LogP contribution in [-0.4, -0.2) is 19.1 Å². The van der Waals surface area contributed by atoms with E-state index in [0.29, 0.717) is 22.5 Å². The maximum Gasteiger partial charge on any atom is 0.329 e. The van der Waals surface area contributed by atoms with E-state index in [9.17, 15) is 9.59 Å². The monoisotopic (exact) mass is 252 g/mol. The molecule has 2 rings (SSSR count). The number of aryl methyl sites for hydroxylation is 1. The highest BCUT2D eigenvalue weighted by Gasteiger charge is 2.12. The second-order valence-corrected chi connectivity index (χ2v) is 4.38. The molecule has 0 aromatic carbocycles. The Morgan fingerprint density at radius 1 is 1.41 bits per heavy atom. The molecule has 0 amide bonds. The first-order valence-corrected chi connectivity index (χ1v) is 5.39. The van der Waals surface area contributed by atoms with Gasteiger partial charge in [-0.15, -0.1) is 0 Å². The molecule has 0 saturated heterocycles. The van der Waals surface area contributed by atoms with E-state index in [2.05, 4.69) is 16.5 Å². The van der Waals surface area contributed by atoms with Crippen molar-refractivity contribution in [3.63, 3.8) is 0 Å². The lowest BCUT2D eigenvalue weighted by Gasteiger charge is -2.03. The number of nitrogens with one attached hydrogen (secondary N) is 2. The van der Waals surface area contributed by atoms with Crippen LogP contribution in [0.4, 0.5) is 0 Å². The minimum atomic E-state index is -0.471. The summed E-state index contributed by atoms with van der Waals surface area (Å²) in [5, 5.41) is 0. The average Bonchev–Trinajstić information content (AvgIpc) is 2.53. The second-order valence-electron chi connectivity index (χ2n) is 3.99. The zero-order valence-corrected chi connectivity index (χ0v) is 10.3. The molecule has 7 heteroatoms. The van der Waals surface area contributed by atoms with Gasteiger partial charge in [0.1, 0.15) is 5.65 Å². The number of fused-ring (bicyclic) bond motifs is 1. The normalized spacial score (nSPS) is 10.9. The number of hydrogen-bond donors (Lipinski definition) is 2. The molecular weight excluding hydrogens is 240 g/mol. The van der Waals surface area contributed by atoms with Crippen LogP contribution in [0.25, 0.3) is 11.2 Å². The molecule has 0 aliphatic heterocycles. The predicted molar refractivity (Wildman–Crippen MR) is 67.8 cm³/mol. The lowest BCUT2D eigenvalue weighted by Crippen LogP contribution is -2.29. The summed E-state index contributed by atoms with van der Waals surface area (Å²) in [6, 6.07) is 0. The van der Waals surface area contributed by atoms with Crippen LogP contribution in [0.1, 0.15) is 6.92 Å². The van der Waals surface area contributed by atoms with Gasteiger partial charge in [-0.05, 0) is 19.1 Å². The maximum absolute atomic E-state index is 11.8. The summed E-state index contributed by atoms with van der Waals surface area (Å²) in [6.45, 7) is 6.07. The smallest absolute Gasteiger partial charge is 0.316 e. The SMILES string of the molecule is C=C(C)Cn1c(=S)[nH]c2c1c(=O)[nH]c(=O)n2C. The van der Waals surface area contributed by atoms with Gasteiger partial charge < -0.3 is 9.55 Å². The van der Waals surface area contributed by atoms with Gasteiger partial charge in [0.25, 0.3) is 5.56 Å². The Morgan fingerprint density at radius 2 is 2.06 bits per heavy atom. The number of aromatic nitrogens is 4. The molecule has 2 N–H and O–H groups in total. The number of H-pyrrole nitrogens is 2. The minimum Gasteiger partial charge on any atom is -0.316 e. The Labute approximate surface area is 101 Å². The van der Waals surface area contributed by atoms with Crippen LogP contribution in [0.5, 0.6) is 0 Å². The molecule has 0 radical (unpaired) electrons. The van der Waals surface area contributed by atoms with Crippen LogP contribution in [0.15, 0.2) is 21.7 Å². The molecular formula is C10H12N4O2S. The summed E-state index contributed by atoms with van der Waals surface area (Å²) in [6.07, 6.45) is 0.